The van der Waals surface area contributed by atoms with Gasteiger partial charge in [-0.25, -0.2) is 9.13 Å². The number of rotatable bonds is 2. The maximum absolute atomic E-state index is 14.8. The molecule has 4 N–H and O–H groups in total. The van der Waals surface area contributed by atoms with Gasteiger partial charge in [-0.15, -0.1) is 0 Å². The molecule has 10 nitrogen and oxygen atoms in total. The molecule has 0 atom stereocenters. The predicted molar refractivity (Wildman–Crippen MR) is 190 cm³/mol. The van der Waals surface area contributed by atoms with Crippen molar-refractivity contribution in [3.63, 3.8) is 0 Å². The first kappa shape index (κ1) is 26.3. The van der Waals surface area contributed by atoms with Gasteiger partial charge in [0.1, 0.15) is 0 Å². The van der Waals surface area contributed by atoms with E-state index in [4.69, 9.17) is 0 Å². The molecule has 4 heterocycles. The molecule has 0 amide bonds. The lowest BCUT2D eigenvalue weighted by Crippen LogP contribution is -2.35. The minimum atomic E-state index is -0.573. The van der Waals surface area contributed by atoms with Gasteiger partial charge in [0.25, 0.3) is 22.2 Å². The number of pyridine rings is 2. The number of H-pyrrole nitrogens is 4. The molecule has 6 aromatic carbocycles. The van der Waals surface area contributed by atoms with Crippen LogP contribution in [0.25, 0.3) is 87.8 Å². The summed E-state index contributed by atoms with van der Waals surface area (Å²) in [5, 5.41) is 1.23. The minimum Gasteiger partial charge on any atom is -0.351 e. The van der Waals surface area contributed by atoms with Crippen LogP contribution in [0.1, 0.15) is 0 Å². The lowest BCUT2D eigenvalue weighted by atomic mass is 9.92. The van der Waals surface area contributed by atoms with Crippen molar-refractivity contribution < 1.29 is 0 Å². The van der Waals surface area contributed by atoms with E-state index in [1.165, 1.54) is 0 Å². The molecule has 0 radical (unpaired) electrons. The van der Waals surface area contributed by atoms with E-state index in [0.717, 1.165) is 9.13 Å². The third-order valence-corrected chi connectivity index (χ3v) is 9.34. The number of para-hydroxylation sites is 6. The van der Waals surface area contributed by atoms with Gasteiger partial charge in [-0.2, -0.15) is 0 Å². The number of nitrogens with one attached hydrogen (secondary N) is 4. The summed E-state index contributed by atoms with van der Waals surface area (Å²) >= 11 is 0. The van der Waals surface area contributed by atoms with Gasteiger partial charge in [-0.05, 0) is 48.5 Å². The smallest absolute Gasteiger partial charge is 0.268 e. The van der Waals surface area contributed by atoms with E-state index >= 15 is 0 Å². The summed E-state index contributed by atoms with van der Waals surface area (Å²) in [5.41, 5.74) is 2.65. The standard InChI is InChI=1S/C38H22N6O4/c45-35-27-25-26-29(33-31(27)39-21-15-7-9-17-23(21)41-33)37(47)44(20-13-5-2-6-14-20)38(48)30(26)34-32(40-22-16-8-10-18-24(22)42-34)28(25)36(46)43(35)19-11-3-1-4-12-19/h1-18,39-42H. The summed E-state index contributed by atoms with van der Waals surface area (Å²) in [4.78, 5) is 72.7. The van der Waals surface area contributed by atoms with Crippen molar-refractivity contribution in [1.82, 2.24) is 29.1 Å². The first-order valence-corrected chi connectivity index (χ1v) is 15.4. The van der Waals surface area contributed by atoms with Gasteiger partial charge in [0.2, 0.25) is 0 Å². The van der Waals surface area contributed by atoms with Gasteiger partial charge in [0, 0.05) is 10.8 Å². The fourth-order valence-corrected chi connectivity index (χ4v) is 7.30. The summed E-state index contributed by atoms with van der Waals surface area (Å²) in [6.07, 6.45) is 0. The molecule has 0 saturated heterocycles. The highest BCUT2D eigenvalue weighted by molar-refractivity contribution is 6.38. The van der Waals surface area contributed by atoms with Crippen LogP contribution in [0.3, 0.4) is 0 Å². The van der Waals surface area contributed by atoms with E-state index in [9.17, 15) is 19.2 Å². The zero-order valence-electron chi connectivity index (χ0n) is 24.9. The molecule has 10 aromatic rings. The van der Waals surface area contributed by atoms with Gasteiger partial charge >= 0.3 is 0 Å². The molecule has 0 fully saturated rings. The van der Waals surface area contributed by atoms with Crippen LogP contribution in [0.15, 0.2) is 128 Å². The van der Waals surface area contributed by atoms with Crippen LogP contribution < -0.4 is 22.2 Å². The lowest BCUT2D eigenvalue weighted by molar-refractivity contribution is 0.967. The van der Waals surface area contributed by atoms with Crippen LogP contribution >= 0.6 is 0 Å². The molecule has 0 aliphatic heterocycles. The van der Waals surface area contributed by atoms with Crippen molar-refractivity contribution in [3.05, 3.63) is 151 Å². The molecule has 4 aromatic heterocycles. The fraction of sp³-hybridized carbons (Fsp3) is 0. The van der Waals surface area contributed by atoms with Gasteiger partial charge < -0.3 is 19.9 Å². The van der Waals surface area contributed by atoms with Gasteiger partial charge in [0.15, 0.2) is 0 Å². The molecular formula is C38H22N6O4. The summed E-state index contributed by atoms with van der Waals surface area (Å²) < 4.78 is 2.32. The van der Waals surface area contributed by atoms with E-state index < -0.39 is 22.2 Å². The van der Waals surface area contributed by atoms with Gasteiger partial charge in [-0.3, -0.25) is 19.2 Å². The summed E-state index contributed by atoms with van der Waals surface area (Å²) in [5.74, 6) is 0. The number of aromatic amines is 4. The summed E-state index contributed by atoms with van der Waals surface area (Å²) in [6, 6.07) is 32.4. The van der Waals surface area contributed by atoms with Crippen molar-refractivity contribution in [2.24, 2.45) is 0 Å². The second kappa shape index (κ2) is 9.30. The van der Waals surface area contributed by atoms with E-state index in [0.29, 0.717) is 55.5 Å². The zero-order valence-corrected chi connectivity index (χ0v) is 24.9. The summed E-state index contributed by atoms with van der Waals surface area (Å²) in [6.45, 7) is 0. The van der Waals surface area contributed by atoms with Crippen LogP contribution in [-0.4, -0.2) is 29.1 Å². The molecule has 0 spiro atoms. The first-order valence-electron chi connectivity index (χ1n) is 15.4. The Bertz CT molecular complexity index is 2860. The minimum absolute atomic E-state index is 0.183. The van der Waals surface area contributed by atoms with E-state index in [1.54, 1.807) is 48.5 Å². The molecule has 0 bridgehead atoms. The van der Waals surface area contributed by atoms with Crippen molar-refractivity contribution in [2.45, 2.75) is 0 Å². The molecular weight excluding hydrogens is 604 g/mol. The molecule has 228 valence electrons. The Morgan fingerprint density at radius 2 is 0.562 bits per heavy atom. The van der Waals surface area contributed by atoms with E-state index in [1.807, 2.05) is 60.7 Å². The zero-order chi connectivity index (χ0) is 32.3. The maximum Gasteiger partial charge on any atom is 0.268 e. The highest BCUT2D eigenvalue weighted by Crippen LogP contribution is 2.39. The molecule has 48 heavy (non-hydrogen) atoms. The average Bonchev–Trinajstić information content (AvgIpc) is 3.11. The normalized spacial score (nSPS) is 12.1. The number of fused-ring (bicyclic) bond motifs is 8. The van der Waals surface area contributed by atoms with E-state index in [2.05, 4.69) is 19.9 Å². The molecule has 0 saturated carbocycles. The molecule has 0 unspecified atom stereocenters. The van der Waals surface area contributed by atoms with Crippen molar-refractivity contribution >= 4 is 76.5 Å². The second-order valence-electron chi connectivity index (χ2n) is 11.9. The van der Waals surface area contributed by atoms with Crippen LogP contribution in [-0.2, 0) is 0 Å². The SMILES string of the molecule is O=c1c2c3[nH]c4ccccc4[nH]c3c3c(=O)n(-c4ccccc4)c(=O)c4c5[nH]c6ccccc6[nH]c5c(c(=O)n1-c1ccccc1)c2c34. The Hall–Kier alpha value is -6.94. The third kappa shape index (κ3) is 3.29. The molecule has 0 aliphatic rings. The Kier molecular flexibility index (Phi) is 5.10. The van der Waals surface area contributed by atoms with Crippen LogP contribution in [0, 0.1) is 0 Å². The number of hydrogen-bond acceptors (Lipinski definition) is 4. The summed E-state index contributed by atoms with van der Waals surface area (Å²) in [7, 11) is 0. The van der Waals surface area contributed by atoms with Crippen molar-refractivity contribution in [3.8, 4) is 11.4 Å². The van der Waals surface area contributed by atoms with Crippen LogP contribution in [0.2, 0.25) is 0 Å². The Labute approximate surface area is 267 Å². The predicted octanol–water partition coefficient (Wildman–Crippen LogP) is 6.09. The fourth-order valence-electron chi connectivity index (χ4n) is 7.30. The highest BCUT2D eigenvalue weighted by atomic mass is 16.2. The largest absolute Gasteiger partial charge is 0.351 e. The quantitative estimate of drug-likeness (QED) is 0.136. The maximum atomic E-state index is 14.8. The van der Waals surface area contributed by atoms with Crippen molar-refractivity contribution in [1.29, 1.82) is 0 Å². The molecule has 0 aliphatic carbocycles. The highest BCUT2D eigenvalue weighted by Gasteiger charge is 2.29. The third-order valence-electron chi connectivity index (χ3n) is 9.34. The first-order chi connectivity index (χ1) is 23.5. The Morgan fingerprint density at radius 1 is 0.312 bits per heavy atom. The number of benzene rings is 6. The monoisotopic (exact) mass is 626 g/mol. The molecule has 10 rings (SSSR count). The van der Waals surface area contributed by atoms with Crippen LogP contribution in [0.5, 0.6) is 0 Å². The van der Waals surface area contributed by atoms with Gasteiger partial charge in [0.05, 0.1) is 77.1 Å². The van der Waals surface area contributed by atoms with E-state index in [-0.39, 0.29) is 32.3 Å². The second-order valence-corrected chi connectivity index (χ2v) is 11.9. The Balaban J connectivity index is 1.63. The van der Waals surface area contributed by atoms with Gasteiger partial charge in [-0.1, -0.05) is 60.7 Å². The molecule has 10 heteroatoms. The Morgan fingerprint density at radius 3 is 0.833 bits per heavy atom. The number of aromatic nitrogens is 6. The van der Waals surface area contributed by atoms with Crippen molar-refractivity contribution in [2.75, 3.05) is 0 Å². The topological polar surface area (TPSA) is 141 Å². The number of hydrogen-bond donors (Lipinski definition) is 4. The number of nitrogens with zero attached hydrogens (tertiary/aromatic N) is 2. The van der Waals surface area contributed by atoms with Crippen LogP contribution in [0.4, 0.5) is 0 Å². The average molecular weight is 627 g/mol. The lowest BCUT2D eigenvalue weighted by Gasteiger charge is -2.19.